The van der Waals surface area contributed by atoms with Gasteiger partial charge in [-0.3, -0.25) is 4.90 Å². The maximum atomic E-state index is 13.1. The Bertz CT molecular complexity index is 1210. The minimum atomic E-state index is -0.389. The molecule has 0 aliphatic carbocycles. The van der Waals surface area contributed by atoms with Crippen LogP contribution in [0.1, 0.15) is 55.8 Å². The smallest absolute Gasteiger partial charge is 0.322 e. The van der Waals surface area contributed by atoms with Crippen molar-refractivity contribution in [1.29, 1.82) is 0 Å². The molecular formula is C26H29ClN4O2. The molecule has 2 heterocycles. The number of nitrogens with zero attached hydrogens (tertiary/aromatic N) is 3. The van der Waals surface area contributed by atoms with Crippen molar-refractivity contribution in [3.63, 3.8) is 0 Å². The highest BCUT2D eigenvalue weighted by Crippen LogP contribution is 2.38. The van der Waals surface area contributed by atoms with E-state index in [1.807, 2.05) is 25.1 Å². The summed E-state index contributed by atoms with van der Waals surface area (Å²) in [6.07, 6.45) is 0.893. The molecule has 4 rings (SSSR count). The lowest BCUT2D eigenvalue weighted by Gasteiger charge is -2.35. The molecule has 0 bridgehead atoms. The van der Waals surface area contributed by atoms with Crippen LogP contribution < -0.4 is 5.32 Å². The van der Waals surface area contributed by atoms with Gasteiger partial charge in [-0.15, -0.1) is 0 Å². The van der Waals surface area contributed by atoms with Crippen LogP contribution in [0.25, 0.3) is 17.0 Å². The molecule has 7 heteroatoms. The Morgan fingerprint density at radius 1 is 1.12 bits per heavy atom. The normalized spacial score (nSPS) is 16.5. The molecule has 0 fully saturated rings. The van der Waals surface area contributed by atoms with Crippen molar-refractivity contribution in [2.24, 2.45) is 5.92 Å². The van der Waals surface area contributed by atoms with Crippen LogP contribution in [0.3, 0.4) is 0 Å². The highest BCUT2D eigenvalue weighted by Gasteiger charge is 2.35. The number of halogens is 1. The molecule has 1 aromatic heterocycles. The topological polar surface area (TPSA) is 71.3 Å². The Balaban J connectivity index is 1.81. The van der Waals surface area contributed by atoms with Crippen molar-refractivity contribution in [3.05, 3.63) is 75.8 Å². The van der Waals surface area contributed by atoms with Crippen LogP contribution in [0.15, 0.2) is 52.7 Å². The van der Waals surface area contributed by atoms with Gasteiger partial charge in [0.25, 0.3) is 5.89 Å². The number of benzene rings is 2. The van der Waals surface area contributed by atoms with Gasteiger partial charge in [0.1, 0.15) is 0 Å². The van der Waals surface area contributed by atoms with Gasteiger partial charge in [-0.2, -0.15) is 4.98 Å². The molecular weight excluding hydrogens is 436 g/mol. The minimum Gasteiger partial charge on any atom is -0.334 e. The summed E-state index contributed by atoms with van der Waals surface area (Å²) in [6, 6.07) is 13.1. The van der Waals surface area contributed by atoms with Crippen molar-refractivity contribution in [1.82, 2.24) is 20.4 Å². The van der Waals surface area contributed by atoms with E-state index in [0.717, 1.165) is 34.4 Å². The van der Waals surface area contributed by atoms with Crippen LogP contribution in [0, 0.1) is 19.8 Å². The predicted octanol–water partition coefficient (Wildman–Crippen LogP) is 6.55. The number of rotatable bonds is 6. The standard InChI is InChI=1S/C26H29ClN4O2/c1-15(2)11-12-31-18(5)22(23(28-26(31)32)19-10-9-16(3)17(4)13-19)25-29-24(30-33-25)20-7-6-8-21(27)14-20/h6-10,13-15,23H,11-12H2,1-5H3,(H,28,32). The maximum absolute atomic E-state index is 13.1. The Kier molecular flexibility index (Phi) is 6.56. The molecule has 3 aromatic rings. The average Bonchev–Trinajstić information content (AvgIpc) is 3.24. The van der Waals surface area contributed by atoms with Crippen molar-refractivity contribution in [3.8, 4) is 11.4 Å². The first-order valence-electron chi connectivity index (χ1n) is 11.2. The van der Waals surface area contributed by atoms with Crippen molar-refractivity contribution in [2.75, 3.05) is 6.54 Å². The van der Waals surface area contributed by atoms with Gasteiger partial charge in [-0.05, 0) is 61.9 Å². The zero-order chi connectivity index (χ0) is 23.7. The average molecular weight is 465 g/mol. The van der Waals surface area contributed by atoms with Gasteiger partial charge < -0.3 is 9.84 Å². The molecule has 0 spiro atoms. The second-order valence-electron chi connectivity index (χ2n) is 8.99. The second kappa shape index (κ2) is 9.40. The number of hydrogen-bond acceptors (Lipinski definition) is 4. The van der Waals surface area contributed by atoms with Gasteiger partial charge in [0, 0.05) is 22.8 Å². The number of aryl methyl sites for hydroxylation is 2. The number of hydrogen-bond donors (Lipinski definition) is 1. The summed E-state index contributed by atoms with van der Waals surface area (Å²) in [5.74, 6) is 1.32. The largest absolute Gasteiger partial charge is 0.334 e. The van der Waals surface area contributed by atoms with E-state index in [0.29, 0.717) is 29.2 Å². The van der Waals surface area contributed by atoms with E-state index in [-0.39, 0.29) is 12.1 Å². The van der Waals surface area contributed by atoms with Crippen molar-refractivity contribution < 1.29 is 9.32 Å². The van der Waals surface area contributed by atoms with Crippen molar-refractivity contribution in [2.45, 2.75) is 47.1 Å². The first kappa shape index (κ1) is 23.1. The second-order valence-corrected chi connectivity index (χ2v) is 9.43. The van der Waals surface area contributed by atoms with Gasteiger partial charge in [0.2, 0.25) is 5.82 Å². The summed E-state index contributed by atoms with van der Waals surface area (Å²) in [5.41, 5.74) is 5.74. The molecule has 1 aliphatic rings. The summed E-state index contributed by atoms with van der Waals surface area (Å²) in [7, 11) is 0. The zero-order valence-electron chi connectivity index (χ0n) is 19.6. The van der Waals surface area contributed by atoms with Gasteiger partial charge in [-0.1, -0.05) is 60.9 Å². The molecule has 1 aliphatic heterocycles. The molecule has 172 valence electrons. The fourth-order valence-electron chi connectivity index (χ4n) is 3.99. The number of aromatic nitrogens is 2. The SMILES string of the molecule is CC1=C(c2nc(-c3cccc(Cl)c3)no2)C(c2ccc(C)c(C)c2)NC(=O)N1CCC(C)C. The van der Waals surface area contributed by atoms with Gasteiger partial charge in [0.15, 0.2) is 0 Å². The number of urea groups is 1. The molecule has 1 N–H and O–H groups in total. The van der Waals surface area contributed by atoms with E-state index < -0.39 is 0 Å². The zero-order valence-corrected chi connectivity index (χ0v) is 20.4. The Morgan fingerprint density at radius 2 is 1.91 bits per heavy atom. The lowest BCUT2D eigenvalue weighted by atomic mass is 9.92. The fraction of sp³-hybridized carbons (Fsp3) is 0.346. The highest BCUT2D eigenvalue weighted by atomic mass is 35.5. The Labute approximate surface area is 199 Å². The van der Waals surface area contributed by atoms with Crippen molar-refractivity contribution >= 4 is 23.2 Å². The molecule has 0 saturated heterocycles. The third-order valence-electron chi connectivity index (χ3n) is 6.13. The van der Waals surface area contributed by atoms with E-state index in [4.69, 9.17) is 21.1 Å². The first-order chi connectivity index (χ1) is 15.7. The highest BCUT2D eigenvalue weighted by molar-refractivity contribution is 6.30. The van der Waals surface area contributed by atoms with Gasteiger partial charge >= 0.3 is 6.03 Å². The fourth-order valence-corrected chi connectivity index (χ4v) is 4.18. The number of allylic oxidation sites excluding steroid dienone is 1. The van der Waals surface area contributed by atoms with Crippen LogP contribution in [0.2, 0.25) is 5.02 Å². The monoisotopic (exact) mass is 464 g/mol. The van der Waals surface area contributed by atoms with E-state index in [2.05, 4.69) is 50.3 Å². The van der Waals surface area contributed by atoms with E-state index in [1.54, 1.807) is 17.0 Å². The van der Waals surface area contributed by atoms with Crippen LogP contribution in [-0.2, 0) is 0 Å². The van der Waals surface area contributed by atoms with E-state index in [1.165, 1.54) is 5.56 Å². The van der Waals surface area contributed by atoms with Crippen LogP contribution >= 0.6 is 11.6 Å². The van der Waals surface area contributed by atoms with Crippen LogP contribution in [0.4, 0.5) is 4.79 Å². The quantitative estimate of drug-likeness (QED) is 0.449. The first-order valence-corrected chi connectivity index (χ1v) is 11.6. The van der Waals surface area contributed by atoms with E-state index in [9.17, 15) is 4.79 Å². The number of nitrogens with one attached hydrogen (secondary N) is 1. The molecule has 2 aromatic carbocycles. The lowest BCUT2D eigenvalue weighted by molar-refractivity contribution is 0.202. The third kappa shape index (κ3) is 4.81. The number of amides is 2. The molecule has 6 nitrogen and oxygen atoms in total. The molecule has 2 amide bonds. The summed E-state index contributed by atoms with van der Waals surface area (Å²) < 4.78 is 5.74. The molecule has 0 saturated carbocycles. The van der Waals surface area contributed by atoms with Crippen LogP contribution in [-0.4, -0.2) is 27.6 Å². The molecule has 1 unspecified atom stereocenters. The summed E-state index contributed by atoms with van der Waals surface area (Å²) >= 11 is 6.15. The minimum absolute atomic E-state index is 0.116. The third-order valence-corrected chi connectivity index (χ3v) is 6.37. The van der Waals surface area contributed by atoms with Crippen LogP contribution in [0.5, 0.6) is 0 Å². The lowest BCUT2D eigenvalue weighted by Crippen LogP contribution is -2.46. The molecule has 33 heavy (non-hydrogen) atoms. The van der Waals surface area contributed by atoms with Gasteiger partial charge in [-0.25, -0.2) is 4.79 Å². The van der Waals surface area contributed by atoms with Gasteiger partial charge in [0.05, 0.1) is 11.6 Å². The number of carbonyl (C=O) groups excluding carboxylic acids is 1. The molecule has 1 atom stereocenters. The summed E-state index contributed by atoms with van der Waals surface area (Å²) in [5, 5.41) is 7.98. The predicted molar refractivity (Wildman–Crippen MR) is 131 cm³/mol. The number of carbonyl (C=O) groups is 1. The van der Waals surface area contributed by atoms with E-state index >= 15 is 0 Å². The Hall–Kier alpha value is -3.12. The summed E-state index contributed by atoms with van der Waals surface area (Å²) in [4.78, 5) is 19.6. The molecule has 0 radical (unpaired) electrons. The maximum Gasteiger partial charge on any atom is 0.322 e. The summed E-state index contributed by atoms with van der Waals surface area (Å²) in [6.45, 7) is 11.0. The Morgan fingerprint density at radius 3 is 2.61 bits per heavy atom.